The van der Waals surface area contributed by atoms with Crippen LogP contribution in [0, 0.1) is 0 Å². The van der Waals surface area contributed by atoms with E-state index in [2.05, 4.69) is 213 Å². The van der Waals surface area contributed by atoms with E-state index in [4.69, 9.17) is 8.83 Å². The number of fused-ring (bicyclic) bond motifs is 12. The minimum Gasteiger partial charge on any atom is -0.454 e. The maximum Gasteiger partial charge on any atom is 0.188 e. The van der Waals surface area contributed by atoms with Gasteiger partial charge in [-0.1, -0.05) is 158 Å². The van der Waals surface area contributed by atoms with Gasteiger partial charge in [0, 0.05) is 67.9 Å². The van der Waals surface area contributed by atoms with E-state index in [1.54, 1.807) is 0 Å². The molecule has 0 N–H and O–H groups in total. The van der Waals surface area contributed by atoms with E-state index in [9.17, 15) is 0 Å². The summed E-state index contributed by atoms with van der Waals surface area (Å²) in [6.07, 6.45) is 7.67. The Balaban J connectivity index is 1.10. The molecule has 14 rings (SSSR count). The third kappa shape index (κ3) is 4.93. The van der Waals surface area contributed by atoms with Crippen molar-refractivity contribution in [2.24, 2.45) is 0 Å². The molecule has 0 unspecified atom stereocenters. The van der Waals surface area contributed by atoms with Crippen molar-refractivity contribution in [3.63, 3.8) is 0 Å². The Hall–Kier alpha value is -8.52. The largest absolute Gasteiger partial charge is 0.454 e. The van der Waals surface area contributed by atoms with Gasteiger partial charge < -0.3 is 18.0 Å². The third-order valence-corrected chi connectivity index (χ3v) is 18.5. The van der Waals surface area contributed by atoms with Crippen molar-refractivity contribution in [1.29, 1.82) is 0 Å². The first kappa shape index (κ1) is 36.0. The molecular formula is C58H36N4O2Si. The van der Waals surface area contributed by atoms with E-state index in [0.717, 1.165) is 109 Å². The van der Waals surface area contributed by atoms with Gasteiger partial charge in [0.2, 0.25) is 0 Å². The van der Waals surface area contributed by atoms with Crippen LogP contribution in [0.25, 0.3) is 98.9 Å². The van der Waals surface area contributed by atoms with Crippen molar-refractivity contribution in [3.05, 3.63) is 219 Å². The lowest BCUT2D eigenvalue weighted by molar-refractivity contribution is 0.668. The lowest BCUT2D eigenvalue weighted by atomic mass is 10.1. The highest BCUT2D eigenvalue weighted by molar-refractivity contribution is 7.21. The van der Waals surface area contributed by atoms with Gasteiger partial charge in [0.05, 0.1) is 33.4 Å². The van der Waals surface area contributed by atoms with Crippen molar-refractivity contribution >= 4 is 116 Å². The lowest BCUT2D eigenvalue weighted by Crippen LogP contribution is -2.75. The molecule has 6 nitrogen and oxygen atoms in total. The van der Waals surface area contributed by atoms with Crippen LogP contribution in [0.15, 0.2) is 228 Å². The summed E-state index contributed by atoms with van der Waals surface area (Å²) < 4.78 is 19.6. The molecule has 0 amide bonds. The van der Waals surface area contributed by atoms with Crippen LogP contribution in [-0.2, 0) is 0 Å². The van der Waals surface area contributed by atoms with E-state index < -0.39 is 8.07 Å². The van der Waals surface area contributed by atoms with E-state index in [1.807, 2.05) is 24.8 Å². The molecule has 0 radical (unpaired) electrons. The molecule has 0 bridgehead atoms. The van der Waals surface area contributed by atoms with Crippen LogP contribution in [0.3, 0.4) is 0 Å². The van der Waals surface area contributed by atoms with E-state index in [-0.39, 0.29) is 0 Å². The van der Waals surface area contributed by atoms with Crippen molar-refractivity contribution in [2.75, 3.05) is 0 Å². The number of hydrogen-bond donors (Lipinski definition) is 0. The predicted octanol–water partition coefficient (Wildman–Crippen LogP) is 11.8. The number of nitrogens with zero attached hydrogens (tertiary/aromatic N) is 4. The minimum absolute atomic E-state index is 0.839. The number of aromatic nitrogens is 4. The van der Waals surface area contributed by atoms with Crippen molar-refractivity contribution in [1.82, 2.24) is 19.1 Å². The van der Waals surface area contributed by atoms with Gasteiger partial charge in [-0.05, 0) is 57.1 Å². The highest BCUT2D eigenvalue weighted by Crippen LogP contribution is 2.40. The molecule has 0 aliphatic carbocycles. The van der Waals surface area contributed by atoms with Crippen LogP contribution >= 0.6 is 0 Å². The minimum atomic E-state index is -3.31. The van der Waals surface area contributed by atoms with Gasteiger partial charge in [0.15, 0.2) is 19.2 Å². The second kappa shape index (κ2) is 13.7. The van der Waals surface area contributed by atoms with E-state index in [0.29, 0.717) is 0 Å². The molecule has 0 aliphatic rings. The average Bonchev–Trinajstić information content (AvgIpc) is 4.14. The SMILES string of the molecule is c1ccc([Si](c2ccccc2)(c2cccc3c2oc2c(-n4c5ccccc5c5cnccc54)cccc23)c2cccc3c2oc2c(-n4c5ccccc5c5cnccc54)cccc23)cc1. The molecule has 0 saturated heterocycles. The van der Waals surface area contributed by atoms with Crippen LogP contribution in [0.4, 0.5) is 0 Å². The highest BCUT2D eigenvalue weighted by Gasteiger charge is 2.46. The zero-order valence-electron chi connectivity index (χ0n) is 34.9. The van der Waals surface area contributed by atoms with Crippen LogP contribution in [-0.4, -0.2) is 27.2 Å². The maximum atomic E-state index is 7.49. The summed E-state index contributed by atoms with van der Waals surface area (Å²) >= 11 is 0. The predicted molar refractivity (Wildman–Crippen MR) is 269 cm³/mol. The van der Waals surface area contributed by atoms with Crippen LogP contribution in [0.1, 0.15) is 0 Å². The molecule has 6 aromatic heterocycles. The molecular weight excluding hydrogens is 813 g/mol. The summed E-state index contributed by atoms with van der Waals surface area (Å²) in [4.78, 5) is 9.05. The molecule has 304 valence electrons. The summed E-state index contributed by atoms with van der Waals surface area (Å²) in [5.41, 5.74) is 9.79. The van der Waals surface area contributed by atoms with Gasteiger partial charge in [-0.2, -0.15) is 0 Å². The summed E-state index contributed by atoms with van der Waals surface area (Å²) in [6, 6.07) is 69.9. The molecule has 7 heteroatoms. The molecule has 0 saturated carbocycles. The number of para-hydroxylation sites is 6. The molecule has 0 atom stereocenters. The third-order valence-electron chi connectivity index (χ3n) is 13.7. The maximum absolute atomic E-state index is 7.49. The first-order valence-electron chi connectivity index (χ1n) is 22.0. The van der Waals surface area contributed by atoms with Crippen LogP contribution < -0.4 is 20.7 Å². The zero-order chi connectivity index (χ0) is 42.6. The Bertz CT molecular complexity index is 3820. The smallest absolute Gasteiger partial charge is 0.188 e. The number of pyridine rings is 2. The van der Waals surface area contributed by atoms with Gasteiger partial charge >= 0.3 is 0 Å². The standard InChI is InChI=1S/C58H36N4O2Si/c1-3-15-37(16-4-1)65(38-17-5-2-6-18-38,53-29-13-23-43-41-21-11-27-51(55(41)63-57(43)53)61-47-25-9-7-19-39(47)45-35-59-33-31-49(45)61)54-30-14-24-44-42-22-12-28-52(56(42)64-58(44)54)62-48-26-10-8-20-40(48)46-36-60-34-32-50(46)62/h1-36H. The molecule has 14 aromatic rings. The Kier molecular flexibility index (Phi) is 7.61. The van der Waals surface area contributed by atoms with Crippen LogP contribution in [0.5, 0.6) is 0 Å². The number of rotatable bonds is 6. The quantitative estimate of drug-likeness (QED) is 0.124. The second-order valence-corrected chi connectivity index (χ2v) is 20.6. The fraction of sp³-hybridized carbons (Fsp3) is 0. The highest BCUT2D eigenvalue weighted by atomic mass is 28.3. The molecule has 0 spiro atoms. The second-order valence-electron chi connectivity index (χ2n) is 16.8. The topological polar surface area (TPSA) is 61.9 Å². The molecule has 6 heterocycles. The monoisotopic (exact) mass is 848 g/mol. The summed E-state index contributed by atoms with van der Waals surface area (Å²) in [6.45, 7) is 0. The summed E-state index contributed by atoms with van der Waals surface area (Å²) in [7, 11) is -3.31. The summed E-state index contributed by atoms with van der Waals surface area (Å²) in [5.74, 6) is 0. The zero-order valence-corrected chi connectivity index (χ0v) is 35.9. The van der Waals surface area contributed by atoms with Gasteiger partial charge in [-0.3, -0.25) is 9.97 Å². The van der Waals surface area contributed by atoms with Gasteiger partial charge in [0.25, 0.3) is 0 Å². The fourth-order valence-corrected chi connectivity index (χ4v) is 16.0. The molecule has 65 heavy (non-hydrogen) atoms. The lowest BCUT2D eigenvalue weighted by Gasteiger charge is -2.34. The fourth-order valence-electron chi connectivity index (χ4n) is 11.0. The van der Waals surface area contributed by atoms with Gasteiger partial charge in [-0.25, -0.2) is 0 Å². The average molecular weight is 849 g/mol. The molecule has 0 aliphatic heterocycles. The number of benzene rings is 8. The van der Waals surface area contributed by atoms with Crippen molar-refractivity contribution in [3.8, 4) is 11.4 Å². The Morgan fingerprint density at radius 2 is 0.677 bits per heavy atom. The van der Waals surface area contributed by atoms with Gasteiger partial charge in [-0.15, -0.1) is 0 Å². The first-order chi connectivity index (χ1) is 32.3. The van der Waals surface area contributed by atoms with E-state index in [1.165, 1.54) is 10.4 Å². The van der Waals surface area contributed by atoms with Crippen molar-refractivity contribution < 1.29 is 8.83 Å². The molecule has 8 aromatic carbocycles. The first-order valence-corrected chi connectivity index (χ1v) is 24.0. The van der Waals surface area contributed by atoms with Crippen LogP contribution in [0.2, 0.25) is 0 Å². The Labute approximate surface area is 372 Å². The van der Waals surface area contributed by atoms with Crippen molar-refractivity contribution in [2.45, 2.75) is 0 Å². The van der Waals surface area contributed by atoms with E-state index >= 15 is 0 Å². The normalized spacial score (nSPS) is 12.3. The number of hydrogen-bond acceptors (Lipinski definition) is 4. The summed E-state index contributed by atoms with van der Waals surface area (Å²) in [5, 5.41) is 13.6. The number of furan rings is 2. The molecule has 0 fully saturated rings. The van der Waals surface area contributed by atoms with Gasteiger partial charge in [0.1, 0.15) is 11.2 Å². The Morgan fingerprint density at radius 1 is 0.308 bits per heavy atom. The Morgan fingerprint density at radius 3 is 1.14 bits per heavy atom.